The van der Waals surface area contributed by atoms with Crippen LogP contribution in [0.25, 0.3) is 5.82 Å². The summed E-state index contributed by atoms with van der Waals surface area (Å²) in [5.41, 5.74) is 0.691. The number of rotatable bonds is 2. The summed E-state index contributed by atoms with van der Waals surface area (Å²) in [7, 11) is 0. The van der Waals surface area contributed by atoms with Gasteiger partial charge in [-0.15, -0.1) is 0 Å². The molecule has 0 fully saturated rings. The van der Waals surface area contributed by atoms with Gasteiger partial charge in [-0.1, -0.05) is 0 Å². The van der Waals surface area contributed by atoms with E-state index in [-0.39, 0.29) is 11.3 Å². The van der Waals surface area contributed by atoms with Gasteiger partial charge < -0.3 is 5.11 Å². The Morgan fingerprint density at radius 1 is 1.47 bits per heavy atom. The zero-order valence-electron chi connectivity index (χ0n) is 8.82. The van der Waals surface area contributed by atoms with Gasteiger partial charge in [-0.25, -0.2) is 19.4 Å². The molecular weight excluding hydrogens is 222 g/mol. The molecule has 0 spiro atoms. The minimum Gasteiger partial charge on any atom is -0.478 e. The van der Waals surface area contributed by atoms with E-state index in [9.17, 15) is 4.79 Å². The molecule has 0 saturated heterocycles. The highest BCUT2D eigenvalue weighted by atomic mass is 16.4. The van der Waals surface area contributed by atoms with Gasteiger partial charge in [0.2, 0.25) is 0 Å². The molecule has 17 heavy (non-hydrogen) atoms. The number of nitrogens with zero attached hydrogens (tertiary/aromatic N) is 5. The molecule has 0 aromatic carbocycles. The van der Waals surface area contributed by atoms with E-state index in [0.29, 0.717) is 11.5 Å². The first-order chi connectivity index (χ1) is 8.11. The van der Waals surface area contributed by atoms with Crippen LogP contribution in [0.15, 0.2) is 18.6 Å². The van der Waals surface area contributed by atoms with Gasteiger partial charge in [0.15, 0.2) is 11.5 Å². The van der Waals surface area contributed by atoms with Crippen molar-refractivity contribution in [2.45, 2.75) is 6.92 Å². The number of aryl methyl sites for hydroxylation is 1. The van der Waals surface area contributed by atoms with Crippen LogP contribution in [-0.4, -0.2) is 30.8 Å². The number of hydrogen-bond acceptors (Lipinski definition) is 5. The zero-order valence-corrected chi connectivity index (χ0v) is 8.82. The van der Waals surface area contributed by atoms with Crippen molar-refractivity contribution in [3.8, 4) is 11.9 Å². The fourth-order valence-electron chi connectivity index (χ4n) is 1.28. The van der Waals surface area contributed by atoms with Crippen LogP contribution >= 0.6 is 0 Å². The predicted molar refractivity (Wildman–Crippen MR) is 55.6 cm³/mol. The van der Waals surface area contributed by atoms with Gasteiger partial charge >= 0.3 is 5.97 Å². The average Bonchev–Trinajstić information content (AvgIpc) is 2.71. The third-order valence-electron chi connectivity index (χ3n) is 2.12. The van der Waals surface area contributed by atoms with Gasteiger partial charge in [0.1, 0.15) is 11.6 Å². The van der Waals surface area contributed by atoms with Crippen molar-refractivity contribution in [3.05, 3.63) is 35.5 Å². The lowest BCUT2D eigenvalue weighted by atomic mass is 10.3. The number of nitriles is 1. The number of hydrogen-bond donors (Lipinski definition) is 1. The van der Waals surface area contributed by atoms with Crippen molar-refractivity contribution in [2.75, 3.05) is 0 Å². The van der Waals surface area contributed by atoms with Crippen LogP contribution in [0.3, 0.4) is 0 Å². The summed E-state index contributed by atoms with van der Waals surface area (Å²) in [5, 5.41) is 21.5. The van der Waals surface area contributed by atoms with Gasteiger partial charge in [0.05, 0.1) is 18.1 Å². The van der Waals surface area contributed by atoms with E-state index in [1.165, 1.54) is 23.3 Å². The number of carbonyl (C=O) groups is 1. The summed E-state index contributed by atoms with van der Waals surface area (Å²) in [6.45, 7) is 1.59. The maximum Gasteiger partial charge on any atom is 0.339 e. The van der Waals surface area contributed by atoms with Crippen molar-refractivity contribution < 1.29 is 9.90 Å². The molecule has 7 heteroatoms. The average molecular weight is 229 g/mol. The molecule has 0 radical (unpaired) electrons. The molecule has 2 aromatic heterocycles. The second-order valence-corrected chi connectivity index (χ2v) is 3.25. The summed E-state index contributed by atoms with van der Waals surface area (Å²) in [4.78, 5) is 18.6. The molecule has 0 aliphatic carbocycles. The smallest absolute Gasteiger partial charge is 0.339 e. The Labute approximate surface area is 96.0 Å². The quantitative estimate of drug-likeness (QED) is 0.805. The lowest BCUT2D eigenvalue weighted by Gasteiger charge is -1.97. The molecule has 2 rings (SSSR count). The van der Waals surface area contributed by atoms with Gasteiger partial charge in [-0.2, -0.15) is 10.4 Å². The van der Waals surface area contributed by atoms with Gasteiger partial charge in [0.25, 0.3) is 0 Å². The maximum absolute atomic E-state index is 10.8. The van der Waals surface area contributed by atoms with E-state index < -0.39 is 5.97 Å². The second-order valence-electron chi connectivity index (χ2n) is 3.25. The molecule has 0 saturated carbocycles. The molecule has 0 amide bonds. The van der Waals surface area contributed by atoms with E-state index >= 15 is 0 Å². The molecule has 0 aliphatic rings. The van der Waals surface area contributed by atoms with Crippen molar-refractivity contribution >= 4 is 5.97 Å². The zero-order chi connectivity index (χ0) is 12.4. The van der Waals surface area contributed by atoms with Gasteiger partial charge in [-0.3, -0.25) is 0 Å². The Hall–Kier alpha value is -2.75. The summed E-state index contributed by atoms with van der Waals surface area (Å²) in [6, 6.07) is 1.84. The van der Waals surface area contributed by atoms with Crippen LogP contribution in [0.1, 0.15) is 21.7 Å². The largest absolute Gasteiger partial charge is 0.478 e. The van der Waals surface area contributed by atoms with Crippen LogP contribution in [0, 0.1) is 18.3 Å². The van der Waals surface area contributed by atoms with E-state index in [2.05, 4.69) is 15.1 Å². The van der Waals surface area contributed by atoms with Crippen LogP contribution in [-0.2, 0) is 0 Å². The number of carboxylic acid groups (broad SMARTS) is 1. The Morgan fingerprint density at radius 2 is 2.24 bits per heavy atom. The standard InChI is InChI=1S/C10H7N5O2/c1-6-8(10(16)17)5-15(14-6)9-4-12-7(2-11)3-13-9/h3-5H,1H3,(H,16,17). The van der Waals surface area contributed by atoms with Crippen molar-refractivity contribution in [1.82, 2.24) is 19.7 Å². The summed E-state index contributed by atoms with van der Waals surface area (Å²) in [6.07, 6.45) is 4.01. The Kier molecular flexibility index (Phi) is 2.54. The highest BCUT2D eigenvalue weighted by Crippen LogP contribution is 2.09. The van der Waals surface area contributed by atoms with E-state index in [4.69, 9.17) is 10.4 Å². The normalized spacial score (nSPS) is 9.88. The minimum absolute atomic E-state index is 0.108. The van der Waals surface area contributed by atoms with Crippen molar-refractivity contribution in [3.63, 3.8) is 0 Å². The molecular formula is C10H7N5O2. The topological polar surface area (TPSA) is 105 Å². The summed E-state index contributed by atoms with van der Waals surface area (Å²) < 4.78 is 1.31. The number of aromatic nitrogens is 4. The summed E-state index contributed by atoms with van der Waals surface area (Å²) in [5.74, 6) is -0.685. The fraction of sp³-hybridized carbons (Fsp3) is 0.100. The van der Waals surface area contributed by atoms with Crippen LogP contribution < -0.4 is 0 Å². The molecule has 84 valence electrons. The third-order valence-corrected chi connectivity index (χ3v) is 2.12. The van der Waals surface area contributed by atoms with E-state index in [1.54, 1.807) is 6.92 Å². The Balaban J connectivity index is 2.43. The number of aromatic carboxylic acids is 1. The van der Waals surface area contributed by atoms with E-state index in [1.807, 2.05) is 6.07 Å². The molecule has 7 nitrogen and oxygen atoms in total. The maximum atomic E-state index is 10.8. The first-order valence-electron chi connectivity index (χ1n) is 4.64. The minimum atomic E-state index is -1.05. The van der Waals surface area contributed by atoms with Crippen molar-refractivity contribution in [2.24, 2.45) is 0 Å². The highest BCUT2D eigenvalue weighted by molar-refractivity contribution is 5.88. The highest BCUT2D eigenvalue weighted by Gasteiger charge is 2.13. The van der Waals surface area contributed by atoms with E-state index in [0.717, 1.165) is 0 Å². The van der Waals surface area contributed by atoms with Crippen LogP contribution in [0.5, 0.6) is 0 Å². The summed E-state index contributed by atoms with van der Waals surface area (Å²) >= 11 is 0. The van der Waals surface area contributed by atoms with Gasteiger partial charge in [0, 0.05) is 6.20 Å². The van der Waals surface area contributed by atoms with Crippen molar-refractivity contribution in [1.29, 1.82) is 5.26 Å². The lowest BCUT2D eigenvalue weighted by Crippen LogP contribution is -2.00. The van der Waals surface area contributed by atoms with Gasteiger partial charge in [-0.05, 0) is 6.92 Å². The molecule has 0 unspecified atom stereocenters. The number of carboxylic acids is 1. The molecule has 0 atom stereocenters. The van der Waals surface area contributed by atoms with Crippen LogP contribution in [0.4, 0.5) is 0 Å². The first-order valence-corrected chi connectivity index (χ1v) is 4.64. The SMILES string of the molecule is Cc1nn(-c2cnc(C#N)cn2)cc1C(=O)O. The molecule has 1 N–H and O–H groups in total. The molecule has 2 heterocycles. The lowest BCUT2D eigenvalue weighted by molar-refractivity contribution is 0.0696. The van der Waals surface area contributed by atoms with Crippen LogP contribution in [0.2, 0.25) is 0 Å². The predicted octanol–water partition coefficient (Wildman–Crippen LogP) is 0.541. The second kappa shape index (κ2) is 4.02. The first kappa shape index (κ1) is 10.8. The third kappa shape index (κ3) is 1.96. The monoisotopic (exact) mass is 229 g/mol. The Bertz CT molecular complexity index is 609. The fourth-order valence-corrected chi connectivity index (χ4v) is 1.28. The molecule has 0 bridgehead atoms. The molecule has 2 aromatic rings. The Morgan fingerprint density at radius 3 is 2.71 bits per heavy atom. The molecule has 0 aliphatic heterocycles.